The zero-order valence-electron chi connectivity index (χ0n) is 27.9. The Labute approximate surface area is 272 Å². The Morgan fingerprint density at radius 1 is 1.04 bits per heavy atom. The van der Waals surface area contributed by atoms with Gasteiger partial charge in [0.15, 0.2) is 0 Å². The molecule has 1 spiro atoms. The summed E-state index contributed by atoms with van der Waals surface area (Å²) in [6.45, 7) is 6.92. The van der Waals surface area contributed by atoms with E-state index in [1.807, 2.05) is 30.3 Å². The number of ether oxygens (including phenoxy) is 4. The highest BCUT2D eigenvalue weighted by atomic mass is 16.6. The number of rotatable bonds is 13. The molecule has 0 radical (unpaired) electrons. The first-order valence-corrected chi connectivity index (χ1v) is 16.8. The minimum atomic E-state index is -0.439. The van der Waals surface area contributed by atoms with Gasteiger partial charge in [0, 0.05) is 19.2 Å². The summed E-state index contributed by atoms with van der Waals surface area (Å²) in [5.74, 6) is -0.455. The second kappa shape index (κ2) is 14.8. The van der Waals surface area contributed by atoms with Gasteiger partial charge in [0.1, 0.15) is 23.4 Å². The monoisotopic (exact) mass is 640 g/mol. The van der Waals surface area contributed by atoms with E-state index in [0.717, 1.165) is 44.1 Å². The summed E-state index contributed by atoms with van der Waals surface area (Å²) in [5.41, 5.74) is 1.65. The zero-order chi connectivity index (χ0) is 32.9. The molecule has 11 heteroatoms. The molecule has 3 amide bonds. The van der Waals surface area contributed by atoms with Crippen LogP contribution in [0.5, 0.6) is 0 Å². The van der Waals surface area contributed by atoms with Crippen LogP contribution in [0.15, 0.2) is 42.0 Å². The van der Waals surface area contributed by atoms with E-state index in [4.69, 9.17) is 18.9 Å². The third-order valence-corrected chi connectivity index (χ3v) is 10.3. The lowest BCUT2D eigenvalue weighted by Gasteiger charge is -2.42. The van der Waals surface area contributed by atoms with Crippen molar-refractivity contribution in [3.8, 4) is 0 Å². The van der Waals surface area contributed by atoms with E-state index in [1.54, 1.807) is 14.2 Å². The highest BCUT2D eigenvalue weighted by molar-refractivity contribution is 5.87. The molecular weight excluding hydrogens is 588 g/mol. The Morgan fingerprint density at radius 2 is 1.72 bits per heavy atom. The molecule has 11 nitrogen and oxygen atoms in total. The first-order valence-electron chi connectivity index (χ1n) is 16.8. The van der Waals surface area contributed by atoms with Crippen molar-refractivity contribution in [2.24, 2.45) is 5.92 Å². The van der Waals surface area contributed by atoms with E-state index < -0.39 is 18.2 Å². The van der Waals surface area contributed by atoms with Gasteiger partial charge in [-0.2, -0.15) is 0 Å². The maximum Gasteiger partial charge on any atom is 0.407 e. The van der Waals surface area contributed by atoms with E-state index in [9.17, 15) is 14.4 Å². The fourth-order valence-corrected chi connectivity index (χ4v) is 7.54. The number of carbonyl (C=O) groups excluding carboxylic acids is 3. The summed E-state index contributed by atoms with van der Waals surface area (Å²) in [5, 5.41) is 11.8. The van der Waals surface area contributed by atoms with Gasteiger partial charge < -0.3 is 40.2 Å². The van der Waals surface area contributed by atoms with Gasteiger partial charge in [-0.3, -0.25) is 9.59 Å². The summed E-state index contributed by atoms with van der Waals surface area (Å²) in [6, 6.07) is 9.30. The van der Waals surface area contributed by atoms with Gasteiger partial charge in [0.05, 0.1) is 31.2 Å². The molecule has 4 fully saturated rings. The van der Waals surface area contributed by atoms with Crippen molar-refractivity contribution in [3.63, 3.8) is 0 Å². The standard InChI is InChI=1S/C35H52N4O7/c1-22(2)11-16-28-34(3,46-28)31-30(43-5)27(17-18-35(31)21-44-35)45-33(42)39-25-14-12-24(13-15-25)38-29(40)20-37-32(41)26(36-4)19-23-9-7-6-8-10-23/h6-11,24-28,30-31,36H,12-21H2,1-5H3,(H,37,41)(H,38,40)(H,39,42)/t24?,25?,26-,27?,28+,30?,31?,34?,35-/m0/s1. The Kier molecular flexibility index (Phi) is 11.1. The second-order valence-corrected chi connectivity index (χ2v) is 13.8. The smallest absolute Gasteiger partial charge is 0.407 e. The van der Waals surface area contributed by atoms with Crippen LogP contribution in [-0.2, 0) is 35.0 Å². The minimum absolute atomic E-state index is 0.00633. The van der Waals surface area contributed by atoms with Gasteiger partial charge >= 0.3 is 6.09 Å². The lowest BCUT2D eigenvalue weighted by Crippen LogP contribution is -2.56. The highest BCUT2D eigenvalue weighted by Crippen LogP contribution is 2.59. The molecule has 0 aromatic heterocycles. The van der Waals surface area contributed by atoms with Crippen LogP contribution >= 0.6 is 0 Å². The number of alkyl carbamates (subject to hydrolysis) is 1. The van der Waals surface area contributed by atoms with Crippen LogP contribution < -0.4 is 21.3 Å². The molecule has 1 aromatic rings. The molecule has 1 aromatic carbocycles. The maximum absolute atomic E-state index is 13.1. The molecular formula is C35H52N4O7. The van der Waals surface area contributed by atoms with Crippen molar-refractivity contribution in [2.45, 2.75) is 120 Å². The molecule has 4 N–H and O–H groups in total. The van der Waals surface area contributed by atoms with Crippen LogP contribution in [0.4, 0.5) is 4.79 Å². The molecule has 2 heterocycles. The number of nitrogens with one attached hydrogen (secondary N) is 4. The molecule has 254 valence electrons. The van der Waals surface area contributed by atoms with Gasteiger partial charge in [0.25, 0.3) is 0 Å². The number of allylic oxidation sites excluding steroid dienone is 1. The Bertz CT molecular complexity index is 1240. The third kappa shape index (κ3) is 8.29. The Balaban J connectivity index is 1.03. The zero-order valence-corrected chi connectivity index (χ0v) is 27.9. The van der Waals surface area contributed by atoms with E-state index >= 15 is 0 Å². The van der Waals surface area contributed by atoms with Crippen LogP contribution in [0.1, 0.15) is 71.3 Å². The van der Waals surface area contributed by atoms with Crippen molar-refractivity contribution in [1.29, 1.82) is 0 Å². The number of benzene rings is 1. The lowest BCUT2D eigenvalue weighted by molar-refractivity contribution is -0.127. The molecule has 4 unspecified atom stereocenters. The third-order valence-electron chi connectivity index (χ3n) is 10.3. The fraction of sp³-hybridized carbons (Fsp3) is 0.686. The van der Waals surface area contributed by atoms with Gasteiger partial charge in [-0.05, 0) is 84.7 Å². The van der Waals surface area contributed by atoms with E-state index in [2.05, 4.69) is 48.1 Å². The number of amides is 3. The fourth-order valence-electron chi connectivity index (χ4n) is 7.54. The second-order valence-electron chi connectivity index (χ2n) is 13.8. The van der Waals surface area contributed by atoms with Crippen LogP contribution in [0, 0.1) is 5.92 Å². The summed E-state index contributed by atoms with van der Waals surface area (Å²) in [6.07, 6.45) is 6.91. The number of epoxide rings is 2. The van der Waals surface area contributed by atoms with Gasteiger partial charge in [-0.1, -0.05) is 42.0 Å². The maximum atomic E-state index is 13.1. The Hall–Kier alpha value is -2.99. The van der Waals surface area contributed by atoms with Crippen molar-refractivity contribution in [2.75, 3.05) is 27.3 Å². The summed E-state index contributed by atoms with van der Waals surface area (Å²) in [7, 11) is 3.41. The average molecular weight is 641 g/mol. The van der Waals surface area contributed by atoms with Gasteiger partial charge in [-0.25, -0.2) is 4.79 Å². The molecule has 5 rings (SSSR count). The minimum Gasteiger partial charge on any atom is -0.443 e. The summed E-state index contributed by atoms with van der Waals surface area (Å²) >= 11 is 0. The molecule has 7 atom stereocenters. The normalized spacial score (nSPS) is 33.8. The summed E-state index contributed by atoms with van der Waals surface area (Å²) < 4.78 is 24.3. The molecule has 0 bridgehead atoms. The molecule has 2 saturated carbocycles. The van der Waals surface area contributed by atoms with Crippen molar-refractivity contribution >= 4 is 17.9 Å². The van der Waals surface area contributed by atoms with Crippen molar-refractivity contribution in [1.82, 2.24) is 21.3 Å². The van der Waals surface area contributed by atoms with Crippen LogP contribution in [0.2, 0.25) is 0 Å². The van der Waals surface area contributed by atoms with Crippen LogP contribution in [0.25, 0.3) is 0 Å². The number of hydrogen-bond donors (Lipinski definition) is 4. The van der Waals surface area contributed by atoms with Gasteiger partial charge in [-0.15, -0.1) is 0 Å². The van der Waals surface area contributed by atoms with Crippen molar-refractivity contribution in [3.05, 3.63) is 47.5 Å². The number of likely N-dealkylation sites (N-methyl/N-ethyl adjacent to an activating group) is 1. The number of hydrogen-bond acceptors (Lipinski definition) is 8. The molecule has 2 aliphatic heterocycles. The Morgan fingerprint density at radius 3 is 2.33 bits per heavy atom. The predicted molar refractivity (Wildman–Crippen MR) is 173 cm³/mol. The number of carbonyl (C=O) groups is 3. The quantitative estimate of drug-likeness (QED) is 0.190. The lowest BCUT2D eigenvalue weighted by atomic mass is 9.68. The molecule has 2 aliphatic carbocycles. The van der Waals surface area contributed by atoms with Gasteiger partial charge in [0.2, 0.25) is 11.8 Å². The first kappa shape index (κ1) is 34.3. The first-order chi connectivity index (χ1) is 22.1. The van der Waals surface area contributed by atoms with Crippen LogP contribution in [-0.4, -0.2) is 92.9 Å². The van der Waals surface area contributed by atoms with Crippen LogP contribution in [0.3, 0.4) is 0 Å². The SMILES string of the molecule is CN[C@@H](Cc1ccccc1)C(=O)NCC(=O)NC1CCC(NC(=O)OC2CC[C@]3(CO3)C(C3(C)O[C@@H]3CC=C(C)C)C2OC)CC1. The largest absolute Gasteiger partial charge is 0.443 e. The summed E-state index contributed by atoms with van der Waals surface area (Å²) in [4.78, 5) is 38.3. The van der Waals surface area contributed by atoms with E-state index in [0.29, 0.717) is 19.4 Å². The topological polar surface area (TPSA) is 143 Å². The van der Waals surface area contributed by atoms with E-state index in [1.165, 1.54) is 5.57 Å². The molecule has 46 heavy (non-hydrogen) atoms. The molecule has 2 saturated heterocycles. The van der Waals surface area contributed by atoms with Crippen molar-refractivity contribution < 1.29 is 33.3 Å². The highest BCUT2D eigenvalue weighted by Gasteiger charge is 2.72. The predicted octanol–water partition coefficient (Wildman–Crippen LogP) is 3.16. The number of methoxy groups -OCH3 is 1. The molecule has 4 aliphatic rings. The van der Waals surface area contributed by atoms with E-state index in [-0.39, 0.29) is 59.8 Å². The average Bonchev–Trinajstić information content (AvgIpc) is 3.96.